The van der Waals surface area contributed by atoms with Gasteiger partial charge in [-0.2, -0.15) is 0 Å². The van der Waals surface area contributed by atoms with Gasteiger partial charge in [-0.15, -0.1) is 0 Å². The van der Waals surface area contributed by atoms with E-state index in [1.54, 1.807) is 0 Å². The van der Waals surface area contributed by atoms with Crippen LogP contribution in [0.3, 0.4) is 0 Å². The molecule has 1 aliphatic heterocycles. The van der Waals surface area contributed by atoms with Crippen LogP contribution in [0.1, 0.15) is 34.1 Å². The van der Waals surface area contributed by atoms with Crippen LogP contribution in [0.4, 0.5) is 0 Å². The van der Waals surface area contributed by atoms with Gasteiger partial charge in [-0.1, -0.05) is 0 Å². The van der Waals surface area contributed by atoms with Crippen LogP contribution in [-0.2, 0) is 14.3 Å². The van der Waals surface area contributed by atoms with Crippen LogP contribution >= 0.6 is 0 Å². The molecular formula is C13H22IO3-. The first-order chi connectivity index (χ1) is 7.88. The van der Waals surface area contributed by atoms with Crippen molar-refractivity contribution in [3.05, 3.63) is 0 Å². The Bertz CT molecular complexity index is 316. The molecule has 17 heavy (non-hydrogen) atoms. The number of hydrogen-bond donors (Lipinski definition) is 0. The Morgan fingerprint density at radius 2 is 2.12 bits per heavy atom. The van der Waals surface area contributed by atoms with Gasteiger partial charge < -0.3 is 0 Å². The van der Waals surface area contributed by atoms with Gasteiger partial charge in [0, 0.05) is 0 Å². The number of carbonyl (C=O) groups excluding carboxylic acids is 1. The zero-order valence-corrected chi connectivity index (χ0v) is 13.2. The molecule has 100 valence electrons. The van der Waals surface area contributed by atoms with Gasteiger partial charge in [0.25, 0.3) is 0 Å². The summed E-state index contributed by atoms with van der Waals surface area (Å²) in [5.74, 6) is 0.541. The molecule has 0 amide bonds. The third kappa shape index (κ3) is 2.23. The zero-order chi connectivity index (χ0) is 12.7. The van der Waals surface area contributed by atoms with Crippen molar-refractivity contribution < 1.29 is 35.5 Å². The molecule has 0 N–H and O–H groups in total. The van der Waals surface area contributed by atoms with Crippen molar-refractivity contribution >= 4 is 5.97 Å². The van der Waals surface area contributed by atoms with Crippen molar-refractivity contribution in [1.82, 2.24) is 0 Å². The van der Waals surface area contributed by atoms with Gasteiger partial charge in [-0.05, 0) is 0 Å². The molecule has 3 nitrogen and oxygen atoms in total. The second kappa shape index (κ2) is 4.68. The summed E-state index contributed by atoms with van der Waals surface area (Å²) in [5, 5.41) is 0. The van der Waals surface area contributed by atoms with Crippen molar-refractivity contribution in [2.75, 3.05) is 15.6 Å². The standard InChI is InChI=1S/C13H22IO3/c1-9(15)16-8-17-11-5-10-6-14-7-13(11,4)12(10,2)3/h10-11H,5-8H2,1-4H3/q-1. The Kier molecular flexibility index (Phi) is 3.74. The SMILES string of the molecule is CC(=O)OCOC1CC2C[I-]CC1(C)C2(C)C. The monoisotopic (exact) mass is 353 g/mol. The summed E-state index contributed by atoms with van der Waals surface area (Å²) in [6, 6.07) is 0. The number of rotatable bonds is 3. The van der Waals surface area contributed by atoms with Crippen LogP contribution in [0.15, 0.2) is 0 Å². The van der Waals surface area contributed by atoms with E-state index < -0.39 is 0 Å². The van der Waals surface area contributed by atoms with Gasteiger partial charge in [0.15, 0.2) is 0 Å². The fraction of sp³-hybridized carbons (Fsp3) is 0.923. The van der Waals surface area contributed by atoms with Crippen LogP contribution in [0.25, 0.3) is 0 Å². The van der Waals surface area contributed by atoms with Gasteiger partial charge in [0.1, 0.15) is 0 Å². The molecule has 3 unspecified atom stereocenters. The molecule has 0 radical (unpaired) electrons. The van der Waals surface area contributed by atoms with E-state index in [2.05, 4.69) is 20.8 Å². The van der Waals surface area contributed by atoms with Crippen molar-refractivity contribution in [2.24, 2.45) is 16.7 Å². The van der Waals surface area contributed by atoms with E-state index in [1.807, 2.05) is 0 Å². The van der Waals surface area contributed by atoms with Crippen molar-refractivity contribution in [2.45, 2.75) is 40.2 Å². The summed E-state index contributed by atoms with van der Waals surface area (Å²) in [7, 11) is 0. The normalized spacial score (nSPS) is 39.5. The first kappa shape index (κ1) is 13.6. The molecule has 1 saturated heterocycles. The van der Waals surface area contributed by atoms with Crippen molar-refractivity contribution in [3.63, 3.8) is 0 Å². The second-order valence-corrected chi connectivity index (χ2v) is 8.68. The van der Waals surface area contributed by atoms with Crippen LogP contribution < -0.4 is 21.2 Å². The molecule has 0 aromatic carbocycles. The zero-order valence-electron chi connectivity index (χ0n) is 11.1. The summed E-state index contributed by atoms with van der Waals surface area (Å²) in [6.45, 7) is 8.68. The topological polar surface area (TPSA) is 35.5 Å². The summed E-state index contributed by atoms with van der Waals surface area (Å²) in [4.78, 5) is 10.8. The average Bonchev–Trinajstić information content (AvgIpc) is 2.38. The predicted octanol–water partition coefficient (Wildman–Crippen LogP) is -0.953. The van der Waals surface area contributed by atoms with E-state index in [0.29, 0.717) is 26.6 Å². The number of fused-ring (bicyclic) bond motifs is 2. The Morgan fingerprint density at radius 3 is 2.71 bits per heavy atom. The molecule has 0 spiro atoms. The Balaban J connectivity index is 2.02. The number of esters is 1. The number of halogens is 1. The fourth-order valence-electron chi connectivity index (χ4n) is 3.04. The summed E-state index contributed by atoms with van der Waals surface area (Å²) in [6.07, 6.45) is 1.41. The number of carbonyl (C=O) groups is 1. The van der Waals surface area contributed by atoms with Crippen LogP contribution in [0.5, 0.6) is 0 Å². The molecule has 2 aliphatic rings. The Labute approximate surface area is 114 Å². The third-order valence-electron chi connectivity index (χ3n) is 4.90. The van der Waals surface area contributed by atoms with Gasteiger partial charge in [0.2, 0.25) is 0 Å². The van der Waals surface area contributed by atoms with E-state index in [-0.39, 0.29) is 24.3 Å². The molecule has 3 atom stereocenters. The third-order valence-corrected chi connectivity index (χ3v) is 8.71. The van der Waals surface area contributed by atoms with Crippen LogP contribution in [-0.4, -0.2) is 27.7 Å². The van der Waals surface area contributed by atoms with Crippen LogP contribution in [0, 0.1) is 16.7 Å². The molecule has 0 aromatic rings. The minimum absolute atomic E-state index is 0.122. The molecule has 2 rings (SSSR count). The van der Waals surface area contributed by atoms with E-state index in [0.717, 1.165) is 12.3 Å². The maximum atomic E-state index is 10.8. The second-order valence-electron chi connectivity index (χ2n) is 5.96. The quantitative estimate of drug-likeness (QED) is 0.284. The van der Waals surface area contributed by atoms with Gasteiger partial charge in [-0.25, -0.2) is 0 Å². The molecule has 1 saturated carbocycles. The summed E-state index contributed by atoms with van der Waals surface area (Å²) < 4.78 is 13.5. The minimum atomic E-state index is -0.261. The molecule has 4 heteroatoms. The first-order valence-electron chi connectivity index (χ1n) is 6.16. The molecule has 0 aromatic heterocycles. The van der Waals surface area contributed by atoms with E-state index in [4.69, 9.17) is 9.47 Å². The Hall–Kier alpha value is 0.160. The predicted molar refractivity (Wildman–Crippen MR) is 61.2 cm³/mol. The van der Waals surface area contributed by atoms with E-state index in [1.165, 1.54) is 15.8 Å². The average molecular weight is 353 g/mol. The van der Waals surface area contributed by atoms with Gasteiger partial charge in [-0.3, -0.25) is 0 Å². The molecular weight excluding hydrogens is 331 g/mol. The first-order valence-corrected chi connectivity index (χ1v) is 9.21. The van der Waals surface area contributed by atoms with E-state index >= 15 is 0 Å². The molecule has 2 bridgehead atoms. The number of alkyl halides is 2. The molecule has 1 aliphatic carbocycles. The molecule has 1 heterocycles. The van der Waals surface area contributed by atoms with Crippen molar-refractivity contribution in [3.8, 4) is 0 Å². The van der Waals surface area contributed by atoms with Crippen molar-refractivity contribution in [1.29, 1.82) is 0 Å². The van der Waals surface area contributed by atoms with Gasteiger partial charge in [0.05, 0.1) is 0 Å². The van der Waals surface area contributed by atoms with Crippen LogP contribution in [0.2, 0.25) is 0 Å². The number of ether oxygens (including phenoxy) is 2. The molecule has 2 fully saturated rings. The Morgan fingerprint density at radius 1 is 1.41 bits per heavy atom. The maximum absolute atomic E-state index is 10.8. The number of hydrogen-bond acceptors (Lipinski definition) is 3. The van der Waals surface area contributed by atoms with Gasteiger partial charge >= 0.3 is 114 Å². The summed E-state index contributed by atoms with van der Waals surface area (Å²) >= 11 is 0.344. The summed E-state index contributed by atoms with van der Waals surface area (Å²) in [5.41, 5.74) is 0.648. The van der Waals surface area contributed by atoms with E-state index in [9.17, 15) is 4.79 Å². The fourth-order valence-corrected chi connectivity index (χ4v) is 8.16.